The largest absolute Gasteiger partial charge is 0.569 e. The number of carbonyl (C=O) groups excluding carboxylic acids is 2. The number of amides is 2. The third-order valence-corrected chi connectivity index (χ3v) is 6.78. The van der Waals surface area contributed by atoms with Crippen LogP contribution in [0.25, 0.3) is 11.1 Å². The molecule has 0 unspecified atom stereocenters. The summed E-state index contributed by atoms with van der Waals surface area (Å²) in [5.74, 6) is -0.225. The van der Waals surface area contributed by atoms with Gasteiger partial charge in [-0.2, -0.15) is 4.57 Å². The molecular weight excluding hydrogens is 577 g/mol. The van der Waals surface area contributed by atoms with Crippen LogP contribution in [0.15, 0.2) is 97.6 Å². The molecule has 2 radical (unpaired) electrons. The molecule has 4 N–H and O–H groups in total. The second-order valence-corrected chi connectivity index (χ2v) is 10.2. The zero-order valence-corrected chi connectivity index (χ0v) is 24.8. The lowest BCUT2D eigenvalue weighted by Crippen LogP contribution is -2.37. The van der Waals surface area contributed by atoms with Gasteiger partial charge >= 0.3 is 15.4 Å². The van der Waals surface area contributed by atoms with E-state index in [1.54, 1.807) is 29.8 Å². The van der Waals surface area contributed by atoms with E-state index in [0.29, 0.717) is 63.9 Å². The Morgan fingerprint density at radius 2 is 1.51 bits per heavy atom. The highest BCUT2D eigenvalue weighted by Gasteiger charge is 2.19. The molecular formula is C32H33B2FN4O6+2. The molecule has 0 bridgehead atoms. The number of pyridine rings is 2. The van der Waals surface area contributed by atoms with Gasteiger partial charge in [0, 0.05) is 36.4 Å². The van der Waals surface area contributed by atoms with E-state index < -0.39 is 5.82 Å². The van der Waals surface area contributed by atoms with Crippen molar-refractivity contribution in [2.45, 2.75) is 26.4 Å². The zero-order valence-electron chi connectivity index (χ0n) is 24.8. The van der Waals surface area contributed by atoms with Gasteiger partial charge in [-0.15, -0.1) is 0 Å². The Labute approximate surface area is 262 Å². The van der Waals surface area contributed by atoms with Gasteiger partial charge in [0.05, 0.1) is 11.1 Å². The SMILES string of the molecule is C=C(C)C(=O)NCCCNC(=O)c1cc(-c2cc[n+](Cc3ccccc3O[B]O)cc2)c[n+](Cc2cc(F)ccc2O[B]O)c1. The first-order valence-electron chi connectivity index (χ1n) is 14.1. The predicted molar refractivity (Wildman–Crippen MR) is 165 cm³/mol. The summed E-state index contributed by atoms with van der Waals surface area (Å²) in [6.45, 7) is 6.58. The number of halogens is 1. The standard InChI is InChI=1S/C32H31B2FN4O6/c1-22(2)31(40)36-12-5-13-37-32(41)27-16-25(19-39(21-27)20-26-17-28(35)8-9-30(26)45-34-43)23-10-14-38(15-11-23)18-24-6-3-4-7-29(24)44-33-42/h3-4,6-11,14-17,19,21,42-43H,1,5,12-13,18,20H2,2H3/p+2. The summed E-state index contributed by atoms with van der Waals surface area (Å²) in [6.07, 6.45) is 7.79. The van der Waals surface area contributed by atoms with E-state index >= 15 is 0 Å². The first-order valence-corrected chi connectivity index (χ1v) is 14.1. The molecule has 10 nitrogen and oxygen atoms in total. The summed E-state index contributed by atoms with van der Waals surface area (Å²) in [5.41, 5.74) is 3.65. The van der Waals surface area contributed by atoms with Crippen molar-refractivity contribution in [3.8, 4) is 22.6 Å². The van der Waals surface area contributed by atoms with Crippen molar-refractivity contribution in [1.82, 2.24) is 10.6 Å². The van der Waals surface area contributed by atoms with E-state index in [-0.39, 0.29) is 24.1 Å². The molecule has 0 aliphatic carbocycles. The van der Waals surface area contributed by atoms with Crippen LogP contribution in [-0.2, 0) is 17.9 Å². The van der Waals surface area contributed by atoms with Crippen molar-refractivity contribution < 1.29 is 42.5 Å². The molecule has 2 amide bonds. The molecule has 0 aliphatic rings. The highest BCUT2D eigenvalue weighted by atomic mass is 19.1. The molecule has 2 aromatic heterocycles. The zero-order chi connectivity index (χ0) is 32.2. The number of para-hydroxylation sites is 1. The molecule has 4 aromatic rings. The number of nitrogens with zero attached hydrogens (tertiary/aromatic N) is 2. The minimum absolute atomic E-state index is 0.146. The van der Waals surface area contributed by atoms with Crippen LogP contribution in [0.3, 0.4) is 0 Å². The molecule has 0 aliphatic heterocycles. The second kappa shape index (κ2) is 16.2. The fourth-order valence-corrected chi connectivity index (χ4v) is 4.55. The average molecular weight is 610 g/mol. The Hall–Kier alpha value is -5.00. The highest BCUT2D eigenvalue weighted by molar-refractivity contribution is 6.17. The van der Waals surface area contributed by atoms with Crippen LogP contribution in [0.5, 0.6) is 11.5 Å². The third-order valence-electron chi connectivity index (χ3n) is 6.78. The summed E-state index contributed by atoms with van der Waals surface area (Å²) >= 11 is 0. The van der Waals surface area contributed by atoms with Crippen LogP contribution in [0.1, 0.15) is 34.8 Å². The molecule has 2 aromatic carbocycles. The summed E-state index contributed by atoms with van der Waals surface area (Å²) in [5, 5.41) is 23.9. The van der Waals surface area contributed by atoms with E-state index in [1.807, 2.05) is 53.5 Å². The summed E-state index contributed by atoms with van der Waals surface area (Å²) in [4.78, 5) is 24.9. The lowest BCUT2D eigenvalue weighted by Gasteiger charge is -2.10. The number of hydrogen-bond acceptors (Lipinski definition) is 6. The summed E-state index contributed by atoms with van der Waals surface area (Å²) in [6, 6.07) is 16.9. The maximum Gasteiger partial charge on any atom is 0.569 e. The van der Waals surface area contributed by atoms with Crippen molar-refractivity contribution in [3.05, 3.63) is 120 Å². The lowest BCUT2D eigenvalue weighted by molar-refractivity contribution is -0.688. The Bertz CT molecular complexity index is 1660. The van der Waals surface area contributed by atoms with Crippen LogP contribution in [0.2, 0.25) is 0 Å². The maximum atomic E-state index is 14.1. The van der Waals surface area contributed by atoms with E-state index in [0.717, 1.165) is 16.7 Å². The molecule has 45 heavy (non-hydrogen) atoms. The van der Waals surface area contributed by atoms with Gasteiger partial charge < -0.3 is 30.0 Å². The van der Waals surface area contributed by atoms with Crippen LogP contribution < -0.4 is 29.1 Å². The molecule has 0 saturated heterocycles. The fourth-order valence-electron chi connectivity index (χ4n) is 4.55. The number of aromatic nitrogens is 2. The van der Waals surface area contributed by atoms with Gasteiger partial charge in [0.2, 0.25) is 5.91 Å². The third kappa shape index (κ3) is 9.49. The average Bonchev–Trinajstić information content (AvgIpc) is 3.03. The van der Waals surface area contributed by atoms with Gasteiger partial charge in [0.1, 0.15) is 22.9 Å². The maximum absolute atomic E-state index is 14.1. The van der Waals surface area contributed by atoms with Crippen molar-refractivity contribution in [2.75, 3.05) is 13.1 Å². The molecule has 0 saturated carbocycles. The van der Waals surface area contributed by atoms with Gasteiger partial charge in [-0.25, -0.2) is 8.96 Å². The van der Waals surface area contributed by atoms with Gasteiger partial charge in [0.15, 0.2) is 37.9 Å². The molecule has 2 heterocycles. The monoisotopic (exact) mass is 610 g/mol. The first kappa shape index (κ1) is 32.9. The van der Waals surface area contributed by atoms with Crippen LogP contribution in [-0.4, -0.2) is 50.3 Å². The van der Waals surface area contributed by atoms with E-state index in [1.165, 1.54) is 18.2 Å². The minimum atomic E-state index is -0.472. The van der Waals surface area contributed by atoms with Crippen LogP contribution in [0, 0.1) is 5.82 Å². The number of carbonyl (C=O) groups is 2. The topological polar surface area (TPSA) is 125 Å². The Morgan fingerprint density at radius 1 is 0.844 bits per heavy atom. The van der Waals surface area contributed by atoms with Gasteiger partial charge in [-0.1, -0.05) is 18.7 Å². The fraction of sp³-hybridized carbons (Fsp3) is 0.188. The van der Waals surface area contributed by atoms with E-state index in [2.05, 4.69) is 17.2 Å². The summed E-state index contributed by atoms with van der Waals surface area (Å²) in [7, 11) is 1.18. The quantitative estimate of drug-likeness (QED) is 0.0705. The molecule has 228 valence electrons. The number of hydrogen-bond donors (Lipinski definition) is 4. The van der Waals surface area contributed by atoms with Crippen LogP contribution >= 0.6 is 0 Å². The highest BCUT2D eigenvalue weighted by Crippen LogP contribution is 2.22. The molecule has 4 rings (SSSR count). The number of nitrogens with one attached hydrogen (secondary N) is 2. The Morgan fingerprint density at radius 3 is 2.22 bits per heavy atom. The molecule has 13 heteroatoms. The van der Waals surface area contributed by atoms with Gasteiger partial charge in [-0.3, -0.25) is 9.59 Å². The van der Waals surface area contributed by atoms with Crippen molar-refractivity contribution in [3.63, 3.8) is 0 Å². The number of rotatable bonds is 15. The van der Waals surface area contributed by atoms with E-state index in [9.17, 15) is 19.0 Å². The minimum Gasteiger partial charge on any atom is -0.537 e. The smallest absolute Gasteiger partial charge is 0.537 e. The Balaban J connectivity index is 1.58. The van der Waals surface area contributed by atoms with E-state index in [4.69, 9.17) is 14.3 Å². The van der Waals surface area contributed by atoms with Crippen molar-refractivity contribution in [2.24, 2.45) is 0 Å². The van der Waals surface area contributed by atoms with Gasteiger partial charge in [0.25, 0.3) is 5.91 Å². The predicted octanol–water partition coefficient (Wildman–Crippen LogP) is 1.79. The lowest BCUT2D eigenvalue weighted by atomic mass is 10.1. The van der Waals surface area contributed by atoms with Gasteiger partial charge in [-0.05, 0) is 55.3 Å². The van der Waals surface area contributed by atoms with Crippen LogP contribution in [0.4, 0.5) is 4.39 Å². The molecule has 0 atom stereocenters. The second-order valence-electron chi connectivity index (χ2n) is 10.2. The number of benzene rings is 2. The Kier molecular flexibility index (Phi) is 11.8. The molecule has 0 fully saturated rings. The first-order chi connectivity index (χ1) is 21.8. The van der Waals surface area contributed by atoms with Crippen molar-refractivity contribution >= 4 is 27.2 Å². The van der Waals surface area contributed by atoms with Crippen molar-refractivity contribution in [1.29, 1.82) is 0 Å². The summed E-state index contributed by atoms with van der Waals surface area (Å²) < 4.78 is 28.2. The molecule has 0 spiro atoms. The normalized spacial score (nSPS) is 10.5.